The van der Waals surface area contributed by atoms with Gasteiger partial charge in [-0.25, -0.2) is 0 Å². The van der Waals surface area contributed by atoms with Crippen molar-refractivity contribution in [3.8, 4) is 5.69 Å². The van der Waals surface area contributed by atoms with Crippen LogP contribution in [0.4, 0.5) is 0 Å². The molecule has 0 aliphatic carbocycles. The summed E-state index contributed by atoms with van der Waals surface area (Å²) in [6.07, 6.45) is 0. The molecule has 1 heterocycles. The van der Waals surface area contributed by atoms with E-state index in [1.165, 1.54) is 31.1 Å². The van der Waals surface area contributed by atoms with Crippen LogP contribution in [0.1, 0.15) is 0 Å². The van der Waals surface area contributed by atoms with E-state index in [0.717, 1.165) is 4.47 Å². The minimum atomic E-state index is 1.13. The summed E-state index contributed by atoms with van der Waals surface area (Å²) < 4.78 is 4.67. The Hall–Kier alpha value is -1.33. The van der Waals surface area contributed by atoms with Crippen molar-refractivity contribution < 1.29 is 0 Å². The van der Waals surface area contributed by atoms with Gasteiger partial charge in [-0.2, -0.15) is 0 Å². The highest BCUT2D eigenvalue weighted by molar-refractivity contribution is 14.1. The number of hydrogen-bond acceptors (Lipinski definition) is 0. The summed E-state index contributed by atoms with van der Waals surface area (Å²) in [4.78, 5) is 0. The zero-order valence-corrected chi connectivity index (χ0v) is 14.8. The lowest BCUT2D eigenvalue weighted by Gasteiger charge is -2.09. The van der Waals surface area contributed by atoms with E-state index in [0.29, 0.717) is 0 Å². The van der Waals surface area contributed by atoms with Gasteiger partial charge in [-0.15, -0.1) is 0 Å². The van der Waals surface area contributed by atoms with Gasteiger partial charge < -0.3 is 4.57 Å². The van der Waals surface area contributed by atoms with Crippen molar-refractivity contribution in [3.05, 3.63) is 74.8 Å². The summed E-state index contributed by atoms with van der Waals surface area (Å²) in [6.45, 7) is 0. The molecule has 1 aromatic heterocycles. The Bertz CT molecular complexity index is 918. The maximum absolute atomic E-state index is 3.64. The van der Waals surface area contributed by atoms with Crippen molar-refractivity contribution >= 4 is 60.3 Å². The number of rotatable bonds is 1. The predicted octanol–water partition coefficient (Wildman–Crippen LogP) is 6.15. The van der Waals surface area contributed by atoms with Crippen molar-refractivity contribution in [1.29, 1.82) is 0 Å². The normalized spacial score (nSPS) is 11.3. The molecule has 3 aromatic carbocycles. The molecule has 0 aliphatic heterocycles. The highest BCUT2D eigenvalue weighted by Crippen LogP contribution is 2.33. The lowest BCUT2D eigenvalue weighted by atomic mass is 10.2. The third-order valence-electron chi connectivity index (χ3n) is 3.74. The van der Waals surface area contributed by atoms with Crippen LogP contribution in [0.2, 0.25) is 0 Å². The van der Waals surface area contributed by atoms with E-state index in [-0.39, 0.29) is 0 Å². The Morgan fingerprint density at radius 2 is 1.33 bits per heavy atom. The molecular weight excluding hydrogens is 437 g/mol. The fourth-order valence-electron chi connectivity index (χ4n) is 2.82. The quantitative estimate of drug-likeness (QED) is 0.308. The number of nitrogens with zero attached hydrogens (tertiary/aromatic N) is 1. The van der Waals surface area contributed by atoms with Gasteiger partial charge in [0.05, 0.1) is 11.0 Å². The fourth-order valence-corrected chi connectivity index (χ4v) is 3.53. The molecule has 0 aliphatic rings. The summed E-state index contributed by atoms with van der Waals surface area (Å²) in [7, 11) is 0. The van der Waals surface area contributed by atoms with Crippen LogP contribution in [-0.2, 0) is 0 Å². The first kappa shape index (κ1) is 13.3. The van der Waals surface area contributed by atoms with E-state index in [1.54, 1.807) is 0 Å². The zero-order chi connectivity index (χ0) is 14.4. The number of halogens is 2. The van der Waals surface area contributed by atoms with Crippen LogP contribution in [0.25, 0.3) is 27.5 Å². The lowest BCUT2D eigenvalue weighted by Crippen LogP contribution is -1.94. The molecular formula is C18H11BrIN. The largest absolute Gasteiger partial charge is 0.309 e. The molecule has 4 rings (SSSR count). The van der Waals surface area contributed by atoms with Crippen LogP contribution in [0.5, 0.6) is 0 Å². The van der Waals surface area contributed by atoms with Crippen molar-refractivity contribution in [2.45, 2.75) is 0 Å². The smallest absolute Gasteiger partial charge is 0.0541 e. The maximum atomic E-state index is 3.64. The zero-order valence-electron chi connectivity index (χ0n) is 11.1. The second-order valence-electron chi connectivity index (χ2n) is 4.97. The minimum Gasteiger partial charge on any atom is -0.309 e. The van der Waals surface area contributed by atoms with Crippen molar-refractivity contribution in [2.24, 2.45) is 0 Å². The van der Waals surface area contributed by atoms with Crippen molar-refractivity contribution in [1.82, 2.24) is 4.57 Å². The molecule has 102 valence electrons. The molecule has 1 nitrogen and oxygen atoms in total. The first-order valence-corrected chi connectivity index (χ1v) is 8.56. The lowest BCUT2D eigenvalue weighted by molar-refractivity contribution is 1.17. The van der Waals surface area contributed by atoms with Gasteiger partial charge in [-0.05, 0) is 68.9 Å². The van der Waals surface area contributed by atoms with E-state index in [1.807, 2.05) is 0 Å². The topological polar surface area (TPSA) is 4.93 Å². The van der Waals surface area contributed by atoms with Gasteiger partial charge in [0.25, 0.3) is 0 Å². The predicted molar refractivity (Wildman–Crippen MR) is 101 cm³/mol. The molecule has 0 spiro atoms. The molecule has 0 atom stereocenters. The Morgan fingerprint density at radius 3 is 1.90 bits per heavy atom. The van der Waals surface area contributed by atoms with E-state index in [4.69, 9.17) is 0 Å². The number of para-hydroxylation sites is 2. The summed E-state index contributed by atoms with van der Waals surface area (Å²) in [5.41, 5.74) is 3.67. The minimum absolute atomic E-state index is 1.13. The first-order chi connectivity index (χ1) is 10.3. The molecule has 0 radical (unpaired) electrons. The number of aromatic nitrogens is 1. The SMILES string of the molecule is Brc1cc(-n2c3ccccc3c3ccccc32)ccc1I. The molecule has 3 heteroatoms. The number of hydrogen-bond donors (Lipinski definition) is 0. The van der Waals surface area contributed by atoms with E-state index >= 15 is 0 Å². The van der Waals surface area contributed by atoms with E-state index in [9.17, 15) is 0 Å². The van der Waals surface area contributed by atoms with Gasteiger partial charge >= 0.3 is 0 Å². The summed E-state index contributed by atoms with van der Waals surface area (Å²) in [5, 5.41) is 2.59. The molecule has 0 N–H and O–H groups in total. The highest BCUT2D eigenvalue weighted by atomic mass is 127. The highest BCUT2D eigenvalue weighted by Gasteiger charge is 2.11. The van der Waals surface area contributed by atoms with Crippen LogP contribution >= 0.6 is 38.5 Å². The number of benzene rings is 3. The fraction of sp³-hybridized carbons (Fsp3) is 0. The van der Waals surface area contributed by atoms with Crippen LogP contribution in [0.3, 0.4) is 0 Å². The molecule has 0 bridgehead atoms. The second kappa shape index (κ2) is 5.14. The van der Waals surface area contributed by atoms with Crippen LogP contribution in [0, 0.1) is 3.57 Å². The third kappa shape index (κ3) is 2.10. The van der Waals surface area contributed by atoms with Gasteiger partial charge in [-0.3, -0.25) is 0 Å². The maximum Gasteiger partial charge on any atom is 0.0541 e. The van der Waals surface area contributed by atoms with Gasteiger partial charge in [0, 0.05) is 24.5 Å². The molecule has 0 saturated carbocycles. The molecule has 0 unspecified atom stereocenters. The Kier molecular flexibility index (Phi) is 3.27. The Morgan fingerprint density at radius 1 is 0.762 bits per heavy atom. The second-order valence-corrected chi connectivity index (χ2v) is 6.98. The molecule has 0 amide bonds. The van der Waals surface area contributed by atoms with Crippen molar-refractivity contribution in [2.75, 3.05) is 0 Å². The summed E-state index contributed by atoms with van der Waals surface area (Å²) in [6, 6.07) is 23.6. The summed E-state index contributed by atoms with van der Waals surface area (Å²) in [5.74, 6) is 0. The standard InChI is InChI=1S/C18H11BrIN/c19-15-11-12(9-10-16(15)20)21-17-7-3-1-5-13(17)14-6-2-4-8-18(14)21/h1-11H. The third-order valence-corrected chi connectivity index (χ3v) is 6.08. The molecule has 0 saturated heterocycles. The molecule has 21 heavy (non-hydrogen) atoms. The van der Waals surface area contributed by atoms with Gasteiger partial charge in [0.1, 0.15) is 0 Å². The average molecular weight is 448 g/mol. The monoisotopic (exact) mass is 447 g/mol. The van der Waals surface area contributed by atoms with Gasteiger partial charge in [0.2, 0.25) is 0 Å². The van der Waals surface area contributed by atoms with Crippen LogP contribution in [-0.4, -0.2) is 4.57 Å². The van der Waals surface area contributed by atoms with E-state index < -0.39 is 0 Å². The Labute approximate surface area is 144 Å². The Balaban J connectivity index is 2.17. The van der Waals surface area contributed by atoms with E-state index in [2.05, 4.69) is 110 Å². The van der Waals surface area contributed by atoms with Crippen LogP contribution < -0.4 is 0 Å². The number of fused-ring (bicyclic) bond motifs is 3. The molecule has 4 aromatic rings. The molecule has 0 fully saturated rings. The summed E-state index contributed by atoms with van der Waals surface area (Å²) >= 11 is 5.98. The van der Waals surface area contributed by atoms with Gasteiger partial charge in [-0.1, -0.05) is 36.4 Å². The van der Waals surface area contributed by atoms with Gasteiger partial charge in [0.15, 0.2) is 0 Å². The average Bonchev–Trinajstić information content (AvgIpc) is 2.85. The van der Waals surface area contributed by atoms with Crippen LogP contribution in [0.15, 0.2) is 71.2 Å². The first-order valence-electron chi connectivity index (χ1n) is 6.69. The van der Waals surface area contributed by atoms with Crippen molar-refractivity contribution in [3.63, 3.8) is 0 Å².